The van der Waals surface area contributed by atoms with Crippen molar-refractivity contribution in [2.75, 3.05) is 80.9 Å². The molecule has 6 heterocycles. The fourth-order valence-corrected chi connectivity index (χ4v) is 10.5. The number of carbonyl (C=O) groups excluding carboxylic acids is 2. The van der Waals surface area contributed by atoms with Gasteiger partial charge in [-0.05, 0) is 97.4 Å². The number of nitrogen functional groups attached to an aromatic ring is 1. The molecule has 0 unspecified atom stereocenters. The number of hydrogen-bond donors (Lipinski definition) is 4. The van der Waals surface area contributed by atoms with Gasteiger partial charge in [0.2, 0.25) is 3.79 Å². The SMILES string of the molecule is Cc1ccc(-n2nc(C(C)(C)C)cc2NC(=O)Nc2ccc(-c3ccc(CN4CCOCC4)o3)c3ccccc23)cc1.Cc1ccc(-n2nc(C(C)(C)C)cc2NC(=O)OCC(Cl)(Cl)Cl)cc1.Nc1ccc(-c2ccc(CN3CCOCC3)o2)c2ccccc12. The number of furan rings is 2. The summed E-state index contributed by atoms with van der Waals surface area (Å²) in [4.78, 5) is 30.1. The molecule has 17 nitrogen and oxygen atoms in total. The normalized spacial score (nSPS) is 14.1. The molecule has 0 saturated carbocycles. The van der Waals surface area contributed by atoms with Crippen molar-refractivity contribution < 1.29 is 32.6 Å². The van der Waals surface area contributed by atoms with Gasteiger partial charge in [0.1, 0.15) is 41.3 Å². The third kappa shape index (κ3) is 16.8. The van der Waals surface area contributed by atoms with Crippen LogP contribution in [0.4, 0.5) is 32.6 Å². The van der Waals surface area contributed by atoms with E-state index in [9.17, 15) is 9.59 Å². The molecule has 0 aliphatic carbocycles. The molecule has 5 N–H and O–H groups in total. The number of fused-ring (bicyclic) bond motifs is 2. The first-order chi connectivity index (χ1) is 43.0. The van der Waals surface area contributed by atoms with Gasteiger partial charge in [-0.2, -0.15) is 10.2 Å². The summed E-state index contributed by atoms with van der Waals surface area (Å²) in [7, 11) is 0. The minimum absolute atomic E-state index is 0.178. The van der Waals surface area contributed by atoms with Crippen molar-refractivity contribution in [3.8, 4) is 34.0 Å². The van der Waals surface area contributed by atoms with Crippen LogP contribution in [0.25, 0.3) is 55.6 Å². The van der Waals surface area contributed by atoms with E-state index in [-0.39, 0.29) is 23.5 Å². The molecule has 2 aliphatic rings. The van der Waals surface area contributed by atoms with Crippen LogP contribution in [0.2, 0.25) is 0 Å². The molecular formula is C70H77Cl3N10O7. The standard InChI is InChI=1S/C34H37N5O3.C19H20N2O2.C17H20Cl3N3O2/c1-23-9-11-24(12-10-23)39-32(21-31(37-39)34(2,3)4)36-33(40)35-29-15-14-28(26-7-5-6-8-27(26)29)30-16-13-25(42-30)22-38-17-19-41-20-18-38;20-18-7-6-17(15-3-1-2-4-16(15)18)19-8-5-14(23-19)13-21-9-11-22-12-10-21;1-11-5-7-12(8-6-11)23-14(9-13(22-23)16(2,3)4)21-15(24)25-10-17(18,19)20/h5-16,21H,17-20,22H2,1-4H3,(H2,35,36,40);1-8H,9-13,20H2;5-9H,10H2,1-4H3,(H,21,24). The summed E-state index contributed by atoms with van der Waals surface area (Å²) < 4.78 is 29.9. The first-order valence-electron chi connectivity index (χ1n) is 30.0. The minimum Gasteiger partial charge on any atom is -0.460 e. The molecule has 2 saturated heterocycles. The number of halogens is 3. The van der Waals surface area contributed by atoms with E-state index in [1.165, 1.54) is 0 Å². The fourth-order valence-electron chi connectivity index (χ4n) is 10.3. The van der Waals surface area contributed by atoms with Crippen molar-refractivity contribution >= 4 is 91.5 Å². The molecule has 0 radical (unpaired) electrons. The van der Waals surface area contributed by atoms with E-state index in [1.807, 2.05) is 168 Å². The van der Waals surface area contributed by atoms with Gasteiger partial charge < -0.3 is 34.1 Å². The molecule has 470 valence electrons. The number of amides is 3. The highest BCUT2D eigenvalue weighted by Crippen LogP contribution is 2.37. The Kier molecular flexibility index (Phi) is 20.4. The number of ether oxygens (including phenoxy) is 3. The average Bonchev–Trinajstić information content (AvgIpc) is 1.32. The van der Waals surface area contributed by atoms with Crippen LogP contribution in [0.5, 0.6) is 0 Å². The highest BCUT2D eigenvalue weighted by Gasteiger charge is 2.26. The first-order valence-corrected chi connectivity index (χ1v) is 31.2. The van der Waals surface area contributed by atoms with Crippen LogP contribution >= 0.6 is 34.8 Å². The van der Waals surface area contributed by atoms with Gasteiger partial charge in [-0.15, -0.1) is 0 Å². The van der Waals surface area contributed by atoms with Crippen molar-refractivity contribution in [1.29, 1.82) is 0 Å². The van der Waals surface area contributed by atoms with E-state index >= 15 is 0 Å². The monoisotopic (exact) mass is 1270 g/mol. The van der Waals surface area contributed by atoms with Crippen molar-refractivity contribution in [2.24, 2.45) is 0 Å². The Labute approximate surface area is 540 Å². The van der Waals surface area contributed by atoms with E-state index < -0.39 is 9.89 Å². The van der Waals surface area contributed by atoms with Crippen LogP contribution in [0.3, 0.4) is 0 Å². The Bertz CT molecular complexity index is 4070. The number of anilines is 4. The number of alkyl halides is 3. The third-order valence-electron chi connectivity index (χ3n) is 15.3. The Balaban J connectivity index is 0.000000159. The second kappa shape index (κ2) is 28.4. The molecule has 3 amide bonds. The topological polar surface area (TPSA) is 192 Å². The summed E-state index contributed by atoms with van der Waals surface area (Å²) in [5, 5.41) is 22.3. The van der Waals surface area contributed by atoms with Gasteiger partial charge in [0.15, 0.2) is 0 Å². The summed E-state index contributed by atoms with van der Waals surface area (Å²) in [5.41, 5.74) is 15.0. The number of benzene rings is 6. The molecule has 0 bridgehead atoms. The number of hydrogen-bond acceptors (Lipinski definition) is 12. The first kappa shape index (κ1) is 64.8. The van der Waals surface area contributed by atoms with E-state index in [2.05, 4.69) is 69.8 Å². The van der Waals surface area contributed by atoms with E-state index in [0.717, 1.165) is 161 Å². The summed E-state index contributed by atoms with van der Waals surface area (Å²) >= 11 is 16.8. The number of nitrogens with two attached hydrogens (primary N) is 1. The van der Waals surface area contributed by atoms with Crippen LogP contribution in [-0.4, -0.2) is 104 Å². The number of aromatic nitrogens is 4. The Morgan fingerprint density at radius 2 is 0.967 bits per heavy atom. The largest absolute Gasteiger partial charge is 0.460 e. The number of morpholine rings is 2. The van der Waals surface area contributed by atoms with E-state index in [0.29, 0.717) is 17.3 Å². The molecule has 0 spiro atoms. The summed E-state index contributed by atoms with van der Waals surface area (Å²) in [6.07, 6.45) is -0.722. The van der Waals surface area contributed by atoms with Crippen molar-refractivity contribution in [3.63, 3.8) is 0 Å². The summed E-state index contributed by atoms with van der Waals surface area (Å²) in [6, 6.07) is 51.6. The fraction of sp³-hybridized carbons (Fsp3) is 0.314. The highest BCUT2D eigenvalue weighted by atomic mass is 35.6. The molecule has 10 aromatic rings. The molecule has 90 heavy (non-hydrogen) atoms. The second-order valence-corrected chi connectivity index (χ2v) is 27.0. The number of rotatable bonds is 12. The predicted octanol–water partition coefficient (Wildman–Crippen LogP) is 16.3. The van der Waals surface area contributed by atoms with Crippen molar-refractivity contribution in [1.82, 2.24) is 29.4 Å². The van der Waals surface area contributed by atoms with Gasteiger partial charge in [0.25, 0.3) is 0 Å². The summed E-state index contributed by atoms with van der Waals surface area (Å²) in [5.74, 6) is 4.69. The smallest absolute Gasteiger partial charge is 0.412 e. The molecule has 0 atom stereocenters. The maximum atomic E-state index is 13.4. The van der Waals surface area contributed by atoms with Gasteiger partial charge in [-0.25, -0.2) is 19.0 Å². The third-order valence-corrected chi connectivity index (χ3v) is 15.6. The van der Waals surface area contributed by atoms with Crippen LogP contribution < -0.4 is 21.7 Å². The number of nitrogens with zero attached hydrogens (tertiary/aromatic N) is 6. The zero-order valence-electron chi connectivity index (χ0n) is 52.0. The molecule has 20 heteroatoms. The van der Waals surface area contributed by atoms with Crippen LogP contribution in [0.1, 0.15) is 75.6 Å². The molecule has 2 aliphatic heterocycles. The molecular weight excluding hydrogens is 1200 g/mol. The number of urea groups is 1. The van der Waals surface area contributed by atoms with Gasteiger partial charge in [0, 0.05) is 76.7 Å². The zero-order chi connectivity index (χ0) is 63.7. The average molecular weight is 1280 g/mol. The highest BCUT2D eigenvalue weighted by molar-refractivity contribution is 6.67. The van der Waals surface area contributed by atoms with Crippen molar-refractivity contribution in [2.45, 2.75) is 83.1 Å². The Morgan fingerprint density at radius 3 is 1.43 bits per heavy atom. The minimum atomic E-state index is -1.66. The predicted molar refractivity (Wildman–Crippen MR) is 362 cm³/mol. The lowest BCUT2D eigenvalue weighted by Gasteiger charge is -2.25. The van der Waals surface area contributed by atoms with Gasteiger partial charge >= 0.3 is 12.1 Å². The molecule has 4 aromatic heterocycles. The second-order valence-electron chi connectivity index (χ2n) is 24.5. The lowest BCUT2D eigenvalue weighted by Crippen LogP contribution is -2.35. The summed E-state index contributed by atoms with van der Waals surface area (Å²) in [6.45, 7) is 24.6. The zero-order valence-corrected chi connectivity index (χ0v) is 54.3. The van der Waals surface area contributed by atoms with Crippen LogP contribution in [-0.2, 0) is 38.1 Å². The molecule has 12 rings (SSSR count). The lowest BCUT2D eigenvalue weighted by molar-refractivity contribution is 0.0313. The quantitative estimate of drug-likeness (QED) is 0.0669. The number of aryl methyl sites for hydroxylation is 2. The van der Waals surface area contributed by atoms with Gasteiger partial charge in [0.05, 0.1) is 68.0 Å². The van der Waals surface area contributed by atoms with Crippen LogP contribution in [0, 0.1) is 13.8 Å². The van der Waals surface area contributed by atoms with Crippen LogP contribution in [0.15, 0.2) is 167 Å². The maximum Gasteiger partial charge on any atom is 0.412 e. The molecule has 6 aromatic carbocycles. The van der Waals surface area contributed by atoms with Gasteiger partial charge in [-0.1, -0.05) is 160 Å². The Hall–Kier alpha value is -8.13. The van der Waals surface area contributed by atoms with Crippen molar-refractivity contribution in [3.05, 3.63) is 192 Å². The number of carbonyl (C=O) groups is 2. The number of nitrogens with one attached hydrogen (secondary N) is 3. The molecule has 2 fully saturated rings. The lowest BCUT2D eigenvalue weighted by atomic mass is 9.92. The Morgan fingerprint density at radius 1 is 0.533 bits per heavy atom. The van der Waals surface area contributed by atoms with E-state index in [1.54, 1.807) is 15.4 Å². The van der Waals surface area contributed by atoms with Gasteiger partial charge in [-0.3, -0.25) is 20.4 Å². The maximum absolute atomic E-state index is 13.4. The van der Waals surface area contributed by atoms with E-state index in [4.69, 9.17) is 68.7 Å².